The molecule has 0 saturated heterocycles. The van der Waals surface area contributed by atoms with Crippen LogP contribution < -0.4 is 4.90 Å². The average molecular weight is 351 g/mol. The molecule has 0 aliphatic heterocycles. The van der Waals surface area contributed by atoms with Gasteiger partial charge < -0.3 is 10.0 Å². The zero-order valence-corrected chi connectivity index (χ0v) is 14.2. The lowest BCUT2D eigenvalue weighted by Crippen LogP contribution is -2.29. The normalized spacial score (nSPS) is 12.4. The third-order valence-electron chi connectivity index (χ3n) is 4.06. The Labute approximate surface area is 148 Å². The number of nitrogens with zero attached hydrogens (tertiary/aromatic N) is 4. The predicted molar refractivity (Wildman–Crippen MR) is 98.5 cm³/mol. The van der Waals surface area contributed by atoms with Gasteiger partial charge in [-0.25, -0.2) is 9.97 Å². The number of H-pyrrole nitrogens is 1. The highest BCUT2D eigenvalue weighted by molar-refractivity contribution is 7.07. The molecule has 3 aromatic heterocycles. The Morgan fingerprint density at radius 1 is 1.16 bits per heavy atom. The van der Waals surface area contributed by atoms with Crippen molar-refractivity contribution in [1.29, 1.82) is 0 Å². The van der Waals surface area contributed by atoms with Crippen LogP contribution in [0.4, 0.5) is 5.82 Å². The van der Waals surface area contributed by atoms with E-state index in [1.165, 1.54) is 6.33 Å². The number of hydrogen-bond donors (Lipinski definition) is 2. The molecule has 25 heavy (non-hydrogen) atoms. The molecule has 0 amide bonds. The van der Waals surface area contributed by atoms with Crippen molar-refractivity contribution in [2.24, 2.45) is 0 Å². The Balaban J connectivity index is 1.69. The molecule has 0 spiro atoms. The Bertz CT molecular complexity index is 938. The molecule has 0 aliphatic carbocycles. The summed E-state index contributed by atoms with van der Waals surface area (Å²) in [4.78, 5) is 10.7. The van der Waals surface area contributed by atoms with E-state index in [1.807, 2.05) is 35.0 Å². The molecule has 0 fully saturated rings. The molecular weight excluding hydrogens is 334 g/mol. The molecule has 0 radical (unpaired) electrons. The van der Waals surface area contributed by atoms with Crippen LogP contribution in [-0.2, 0) is 6.54 Å². The van der Waals surface area contributed by atoms with Gasteiger partial charge >= 0.3 is 0 Å². The number of nitrogens with one attached hydrogen (secondary N) is 1. The van der Waals surface area contributed by atoms with Crippen LogP contribution in [0.1, 0.15) is 17.2 Å². The van der Waals surface area contributed by atoms with Gasteiger partial charge in [0.25, 0.3) is 0 Å². The Morgan fingerprint density at radius 2 is 2.04 bits per heavy atom. The molecule has 3 heterocycles. The average Bonchev–Trinajstić information content (AvgIpc) is 3.33. The first-order valence-electron chi connectivity index (χ1n) is 7.94. The molecular formula is C18H17N5OS. The van der Waals surface area contributed by atoms with E-state index >= 15 is 0 Å². The summed E-state index contributed by atoms with van der Waals surface area (Å²) in [5, 5.41) is 22.4. The van der Waals surface area contributed by atoms with Crippen LogP contribution in [0.2, 0.25) is 0 Å². The zero-order valence-electron chi connectivity index (χ0n) is 13.4. The maximum Gasteiger partial charge on any atom is 0.160 e. The van der Waals surface area contributed by atoms with Gasteiger partial charge in [-0.1, -0.05) is 30.3 Å². The smallest absolute Gasteiger partial charge is 0.160 e. The van der Waals surface area contributed by atoms with Crippen LogP contribution in [0.5, 0.6) is 0 Å². The third kappa shape index (κ3) is 3.38. The van der Waals surface area contributed by atoms with Crippen LogP contribution in [0.25, 0.3) is 11.0 Å². The highest BCUT2D eigenvalue weighted by Gasteiger charge is 2.19. The second-order valence-electron chi connectivity index (χ2n) is 5.77. The molecule has 1 aromatic carbocycles. The van der Waals surface area contributed by atoms with Crippen LogP contribution in [-0.4, -0.2) is 31.8 Å². The van der Waals surface area contributed by atoms with Crippen molar-refractivity contribution in [2.45, 2.75) is 12.6 Å². The lowest BCUT2D eigenvalue weighted by molar-refractivity contribution is 0.183. The summed E-state index contributed by atoms with van der Waals surface area (Å²) in [5.74, 6) is 0.761. The van der Waals surface area contributed by atoms with E-state index in [2.05, 4.69) is 37.2 Å². The third-order valence-corrected chi connectivity index (χ3v) is 4.77. The van der Waals surface area contributed by atoms with E-state index in [1.54, 1.807) is 17.5 Å². The van der Waals surface area contributed by atoms with Gasteiger partial charge in [-0.05, 0) is 28.0 Å². The summed E-state index contributed by atoms with van der Waals surface area (Å²) < 4.78 is 0. The van der Waals surface area contributed by atoms with Gasteiger partial charge in [0.2, 0.25) is 0 Å². The van der Waals surface area contributed by atoms with E-state index in [0.717, 1.165) is 22.3 Å². The Hall–Kier alpha value is -2.77. The van der Waals surface area contributed by atoms with Gasteiger partial charge in [0.05, 0.1) is 17.7 Å². The number of anilines is 1. The van der Waals surface area contributed by atoms with E-state index in [0.29, 0.717) is 18.7 Å². The quantitative estimate of drug-likeness (QED) is 0.558. The fourth-order valence-corrected chi connectivity index (χ4v) is 3.52. The number of rotatable bonds is 6. The molecule has 1 atom stereocenters. The molecule has 4 aromatic rings. The first-order valence-corrected chi connectivity index (χ1v) is 8.88. The number of aromatic amines is 1. The minimum absolute atomic E-state index is 0.433. The molecule has 0 saturated carbocycles. The van der Waals surface area contributed by atoms with E-state index < -0.39 is 6.10 Å². The first kappa shape index (κ1) is 15.7. The fraction of sp³-hybridized carbons (Fsp3) is 0.167. The summed E-state index contributed by atoms with van der Waals surface area (Å²) in [6.07, 6.45) is 2.65. The van der Waals surface area contributed by atoms with Crippen molar-refractivity contribution in [3.63, 3.8) is 0 Å². The van der Waals surface area contributed by atoms with Gasteiger partial charge in [0.15, 0.2) is 5.65 Å². The van der Waals surface area contributed by atoms with Gasteiger partial charge in [0, 0.05) is 13.1 Å². The molecule has 126 valence electrons. The summed E-state index contributed by atoms with van der Waals surface area (Å²) in [6.45, 7) is 1.07. The van der Waals surface area contributed by atoms with Crippen molar-refractivity contribution < 1.29 is 5.11 Å². The summed E-state index contributed by atoms with van der Waals surface area (Å²) in [5.41, 5.74) is 2.75. The first-order chi connectivity index (χ1) is 12.3. The van der Waals surface area contributed by atoms with Gasteiger partial charge in [-0.3, -0.25) is 5.10 Å². The van der Waals surface area contributed by atoms with Crippen LogP contribution >= 0.6 is 11.3 Å². The maximum atomic E-state index is 10.6. The van der Waals surface area contributed by atoms with Gasteiger partial charge in [-0.2, -0.15) is 16.4 Å². The van der Waals surface area contributed by atoms with Crippen LogP contribution in [0.15, 0.2) is 59.7 Å². The number of benzene rings is 1. The van der Waals surface area contributed by atoms with E-state index in [4.69, 9.17) is 0 Å². The van der Waals surface area contributed by atoms with Crippen molar-refractivity contribution in [2.75, 3.05) is 11.4 Å². The van der Waals surface area contributed by atoms with Crippen molar-refractivity contribution in [3.8, 4) is 0 Å². The second kappa shape index (κ2) is 7.00. The topological polar surface area (TPSA) is 77.9 Å². The highest BCUT2D eigenvalue weighted by Crippen LogP contribution is 2.26. The highest BCUT2D eigenvalue weighted by atomic mass is 32.1. The molecule has 0 bridgehead atoms. The lowest BCUT2D eigenvalue weighted by Gasteiger charge is -2.26. The summed E-state index contributed by atoms with van der Waals surface area (Å²) >= 11 is 1.58. The Morgan fingerprint density at radius 3 is 2.84 bits per heavy atom. The number of hydrogen-bond acceptors (Lipinski definition) is 6. The van der Waals surface area contributed by atoms with Crippen LogP contribution in [0.3, 0.4) is 0 Å². The summed E-state index contributed by atoms with van der Waals surface area (Å²) in [7, 11) is 0. The molecule has 0 unspecified atom stereocenters. The number of aromatic nitrogens is 4. The van der Waals surface area contributed by atoms with Gasteiger partial charge in [-0.15, -0.1) is 0 Å². The summed E-state index contributed by atoms with van der Waals surface area (Å²) in [6, 6.07) is 12.1. The SMILES string of the molecule is O[C@@H](CN(Cc1ccccc1)c1ncnc2[nH]ncc12)c1ccsc1. The monoisotopic (exact) mass is 351 g/mol. The molecule has 0 aliphatic rings. The standard InChI is InChI=1S/C18H17N5OS/c24-16(14-6-7-25-11-14)10-23(9-13-4-2-1-3-5-13)18-15-8-21-22-17(15)19-12-20-18/h1-8,11-12,16,24H,9-10H2,(H,19,20,21,22)/t16-/m0/s1. The number of fused-ring (bicyclic) bond motifs is 1. The lowest BCUT2D eigenvalue weighted by atomic mass is 10.1. The van der Waals surface area contributed by atoms with E-state index in [9.17, 15) is 5.11 Å². The Kier molecular flexibility index (Phi) is 4.41. The largest absolute Gasteiger partial charge is 0.387 e. The van der Waals surface area contributed by atoms with Crippen molar-refractivity contribution in [3.05, 3.63) is 70.8 Å². The number of aliphatic hydroxyl groups is 1. The predicted octanol–water partition coefficient (Wildman–Crippen LogP) is 3.15. The zero-order chi connectivity index (χ0) is 17.1. The molecule has 4 rings (SSSR count). The van der Waals surface area contributed by atoms with Crippen molar-refractivity contribution >= 4 is 28.2 Å². The van der Waals surface area contributed by atoms with Crippen molar-refractivity contribution in [1.82, 2.24) is 20.2 Å². The maximum absolute atomic E-state index is 10.6. The minimum atomic E-state index is -0.591. The fourth-order valence-electron chi connectivity index (χ4n) is 2.81. The van der Waals surface area contributed by atoms with Gasteiger partial charge in [0.1, 0.15) is 12.1 Å². The second-order valence-corrected chi connectivity index (χ2v) is 6.55. The van der Waals surface area contributed by atoms with Crippen LogP contribution in [0, 0.1) is 0 Å². The number of thiophene rings is 1. The number of aliphatic hydroxyl groups excluding tert-OH is 1. The molecule has 2 N–H and O–H groups in total. The minimum Gasteiger partial charge on any atom is -0.387 e. The molecule has 7 heteroatoms. The molecule has 6 nitrogen and oxygen atoms in total. The van der Waals surface area contributed by atoms with E-state index in [-0.39, 0.29) is 0 Å².